The minimum absolute atomic E-state index is 0.946. The molecule has 0 amide bonds. The highest BCUT2D eigenvalue weighted by Crippen LogP contribution is 1.89. The number of carboxylic acids is 1. The molecule has 0 heterocycles. The summed E-state index contributed by atoms with van der Waals surface area (Å²) in [4.78, 5) is 10.1. The van der Waals surface area contributed by atoms with Crippen molar-refractivity contribution < 1.29 is 22.9 Å². The van der Waals surface area contributed by atoms with E-state index in [2.05, 4.69) is 5.84 Å². The van der Waals surface area contributed by atoms with Crippen LogP contribution in [0.2, 0.25) is 0 Å². The second-order valence-electron chi connectivity index (χ2n) is 1.81. The molecule has 5 N–H and O–H groups in total. The second kappa shape index (κ2) is 3.62. The Kier molecular flexibility index (Phi) is 3.39. The van der Waals surface area contributed by atoms with E-state index in [1.54, 1.807) is 5.43 Å². The molecular formula is C3H8N2O5S. The van der Waals surface area contributed by atoms with Crippen molar-refractivity contribution in [3.63, 3.8) is 0 Å². The van der Waals surface area contributed by atoms with E-state index < -0.39 is 27.9 Å². The van der Waals surface area contributed by atoms with Gasteiger partial charge in [0.25, 0.3) is 10.1 Å². The largest absolute Gasteiger partial charge is 0.480 e. The molecule has 0 aromatic carbocycles. The first-order chi connectivity index (χ1) is 4.87. The predicted molar refractivity (Wildman–Crippen MR) is 35.2 cm³/mol. The summed E-state index contributed by atoms with van der Waals surface area (Å²) in [5.41, 5.74) is 1.72. The van der Waals surface area contributed by atoms with Crippen LogP contribution in [0.3, 0.4) is 0 Å². The minimum atomic E-state index is -4.30. The minimum Gasteiger partial charge on any atom is -0.480 e. The zero-order valence-electron chi connectivity index (χ0n) is 5.39. The Morgan fingerprint density at radius 3 is 2.18 bits per heavy atom. The zero-order chi connectivity index (χ0) is 9.07. The smallest absolute Gasteiger partial charge is 0.323 e. The SMILES string of the molecule is NN[C@@H](CS(=O)(=O)O)C(=O)O. The molecule has 11 heavy (non-hydrogen) atoms. The fourth-order valence-electron chi connectivity index (χ4n) is 0.401. The lowest BCUT2D eigenvalue weighted by molar-refractivity contribution is -0.138. The predicted octanol–water partition coefficient (Wildman–Crippen LogP) is -2.21. The normalized spacial score (nSPS) is 14.4. The van der Waals surface area contributed by atoms with E-state index in [0.29, 0.717) is 0 Å². The Morgan fingerprint density at radius 2 is 2.09 bits per heavy atom. The third kappa shape index (κ3) is 4.67. The monoisotopic (exact) mass is 184 g/mol. The van der Waals surface area contributed by atoms with Gasteiger partial charge in [0.05, 0.1) is 0 Å². The Hall–Kier alpha value is -0.700. The summed E-state index contributed by atoms with van der Waals surface area (Å²) in [5.74, 6) is 2.29. The van der Waals surface area contributed by atoms with Crippen molar-refractivity contribution in [1.82, 2.24) is 5.43 Å². The van der Waals surface area contributed by atoms with Crippen LogP contribution in [0.4, 0.5) is 0 Å². The lowest BCUT2D eigenvalue weighted by Crippen LogP contribution is -2.45. The molecule has 7 nitrogen and oxygen atoms in total. The highest BCUT2D eigenvalue weighted by molar-refractivity contribution is 7.85. The van der Waals surface area contributed by atoms with Crippen molar-refractivity contribution >= 4 is 16.1 Å². The molecule has 0 aromatic heterocycles. The van der Waals surface area contributed by atoms with Gasteiger partial charge in [0.1, 0.15) is 11.8 Å². The average molecular weight is 184 g/mol. The van der Waals surface area contributed by atoms with Gasteiger partial charge in [-0.15, -0.1) is 0 Å². The molecule has 66 valence electrons. The Balaban J connectivity index is 4.22. The van der Waals surface area contributed by atoms with E-state index in [4.69, 9.17) is 9.66 Å². The molecule has 0 saturated carbocycles. The second-order valence-corrected chi connectivity index (χ2v) is 3.30. The summed E-state index contributed by atoms with van der Waals surface area (Å²) in [7, 11) is -4.30. The van der Waals surface area contributed by atoms with Crippen molar-refractivity contribution in [2.24, 2.45) is 5.84 Å². The lowest BCUT2D eigenvalue weighted by Gasteiger charge is -2.07. The molecule has 1 atom stereocenters. The van der Waals surface area contributed by atoms with Crippen LogP contribution in [0, 0.1) is 0 Å². The lowest BCUT2D eigenvalue weighted by atomic mass is 10.4. The maximum absolute atomic E-state index is 10.1. The molecule has 0 aromatic rings. The third-order valence-electron chi connectivity index (χ3n) is 0.877. The number of hydrogen-bond donors (Lipinski definition) is 4. The molecule has 0 aliphatic rings. The van der Waals surface area contributed by atoms with Crippen LogP contribution in [-0.2, 0) is 14.9 Å². The van der Waals surface area contributed by atoms with E-state index in [-0.39, 0.29) is 0 Å². The maximum atomic E-state index is 10.1. The first-order valence-electron chi connectivity index (χ1n) is 2.51. The van der Waals surface area contributed by atoms with Crippen LogP contribution in [0.15, 0.2) is 0 Å². The first kappa shape index (κ1) is 10.3. The number of hydrogen-bond acceptors (Lipinski definition) is 5. The van der Waals surface area contributed by atoms with Crippen LogP contribution in [0.5, 0.6) is 0 Å². The Morgan fingerprint density at radius 1 is 1.64 bits per heavy atom. The van der Waals surface area contributed by atoms with Gasteiger partial charge in [0, 0.05) is 0 Å². The molecule has 0 aliphatic carbocycles. The Labute approximate surface area is 62.9 Å². The van der Waals surface area contributed by atoms with E-state index in [9.17, 15) is 13.2 Å². The van der Waals surface area contributed by atoms with Crippen LogP contribution < -0.4 is 11.3 Å². The average Bonchev–Trinajstić information content (AvgIpc) is 1.80. The van der Waals surface area contributed by atoms with E-state index in [1.165, 1.54) is 0 Å². The van der Waals surface area contributed by atoms with Gasteiger partial charge < -0.3 is 5.11 Å². The molecule has 0 rings (SSSR count). The standard InChI is InChI=1S/C3H8N2O5S/c4-5-2(3(6)7)1-11(8,9)10/h2,5H,1,4H2,(H,6,7)(H,8,9,10)/t2-/m0/s1. The molecule has 0 bridgehead atoms. The van der Waals surface area contributed by atoms with Crippen molar-refractivity contribution in [3.05, 3.63) is 0 Å². The fraction of sp³-hybridized carbons (Fsp3) is 0.667. The number of nitrogens with two attached hydrogens (primary N) is 1. The summed E-state index contributed by atoms with van der Waals surface area (Å²) in [5, 5.41) is 8.22. The molecule has 0 aliphatic heterocycles. The summed E-state index contributed by atoms with van der Waals surface area (Å²) >= 11 is 0. The van der Waals surface area contributed by atoms with E-state index in [0.717, 1.165) is 0 Å². The van der Waals surface area contributed by atoms with Gasteiger partial charge >= 0.3 is 5.97 Å². The van der Waals surface area contributed by atoms with Gasteiger partial charge in [-0.1, -0.05) is 0 Å². The van der Waals surface area contributed by atoms with E-state index in [1.807, 2.05) is 0 Å². The van der Waals surface area contributed by atoms with Gasteiger partial charge in [-0.3, -0.25) is 15.2 Å². The van der Waals surface area contributed by atoms with Gasteiger partial charge in [-0.2, -0.15) is 8.42 Å². The van der Waals surface area contributed by atoms with Gasteiger partial charge in [0.2, 0.25) is 0 Å². The summed E-state index contributed by atoms with van der Waals surface area (Å²) in [6.07, 6.45) is 0. The van der Waals surface area contributed by atoms with E-state index >= 15 is 0 Å². The van der Waals surface area contributed by atoms with Crippen molar-refractivity contribution in [2.45, 2.75) is 6.04 Å². The number of nitrogens with one attached hydrogen (secondary N) is 1. The molecule has 0 spiro atoms. The summed E-state index contributed by atoms with van der Waals surface area (Å²) in [6, 6.07) is -1.48. The van der Waals surface area contributed by atoms with Gasteiger partial charge in [-0.25, -0.2) is 5.43 Å². The Bertz CT molecular complexity index is 234. The molecular weight excluding hydrogens is 176 g/mol. The summed E-state index contributed by atoms with van der Waals surface area (Å²) < 4.78 is 28.4. The number of rotatable bonds is 4. The molecule has 0 unspecified atom stereocenters. The van der Waals surface area contributed by atoms with Crippen molar-refractivity contribution in [2.75, 3.05) is 5.75 Å². The number of hydrazine groups is 1. The van der Waals surface area contributed by atoms with Crippen LogP contribution in [0.1, 0.15) is 0 Å². The topological polar surface area (TPSA) is 130 Å². The molecule has 0 radical (unpaired) electrons. The highest BCUT2D eigenvalue weighted by atomic mass is 32.2. The third-order valence-corrected chi connectivity index (χ3v) is 1.63. The summed E-state index contributed by atoms with van der Waals surface area (Å²) in [6.45, 7) is 0. The first-order valence-corrected chi connectivity index (χ1v) is 4.12. The maximum Gasteiger partial charge on any atom is 0.323 e. The molecule has 0 fully saturated rings. The molecule has 8 heteroatoms. The quantitative estimate of drug-likeness (QED) is 0.221. The number of carboxylic acid groups (broad SMARTS) is 1. The van der Waals surface area contributed by atoms with Gasteiger partial charge in [-0.05, 0) is 0 Å². The highest BCUT2D eigenvalue weighted by Gasteiger charge is 2.21. The number of aliphatic carboxylic acids is 1. The van der Waals surface area contributed by atoms with Crippen LogP contribution in [0.25, 0.3) is 0 Å². The van der Waals surface area contributed by atoms with Crippen molar-refractivity contribution in [1.29, 1.82) is 0 Å². The van der Waals surface area contributed by atoms with Crippen molar-refractivity contribution in [3.8, 4) is 0 Å². The molecule has 0 saturated heterocycles. The fourth-order valence-corrected chi connectivity index (χ4v) is 1.06. The van der Waals surface area contributed by atoms with Crippen LogP contribution >= 0.6 is 0 Å². The van der Waals surface area contributed by atoms with Gasteiger partial charge in [0.15, 0.2) is 0 Å². The van der Waals surface area contributed by atoms with Crippen LogP contribution in [-0.4, -0.2) is 35.8 Å². The number of carbonyl (C=O) groups is 1. The zero-order valence-corrected chi connectivity index (χ0v) is 6.21.